The molecule has 0 aromatic carbocycles. The normalized spacial score (nSPS) is 11.5. The van der Waals surface area contributed by atoms with Gasteiger partial charge in [-0.05, 0) is 12.8 Å². The van der Waals surface area contributed by atoms with Crippen LogP contribution in [-0.4, -0.2) is 13.2 Å². The van der Waals surface area contributed by atoms with Gasteiger partial charge >= 0.3 is 0 Å². The molecule has 0 aromatic heterocycles. The molecule has 0 bridgehead atoms. The fraction of sp³-hybridized carbons (Fsp3) is 1.00. The van der Waals surface area contributed by atoms with Crippen LogP contribution in [0.4, 0.5) is 0 Å². The van der Waals surface area contributed by atoms with Gasteiger partial charge in [0.15, 0.2) is 0 Å². The molecule has 0 heterocycles. The zero-order valence-corrected chi connectivity index (χ0v) is 25.0. The first-order chi connectivity index (χ1) is 17.4. The molecule has 0 rings (SSSR count). The molecule has 0 aromatic rings. The Hall–Kier alpha value is -0.0400. The van der Waals surface area contributed by atoms with Crippen LogP contribution in [0.25, 0.3) is 0 Å². The average molecular weight is 495 g/mol. The maximum absolute atomic E-state index is 5.73. The van der Waals surface area contributed by atoms with Crippen molar-refractivity contribution in [1.82, 2.24) is 0 Å². The summed E-state index contributed by atoms with van der Waals surface area (Å²) in [6.45, 7) is 6.55. The van der Waals surface area contributed by atoms with Crippen LogP contribution in [0.3, 0.4) is 0 Å². The molecule has 0 N–H and O–H groups in total. The van der Waals surface area contributed by atoms with E-state index in [1.165, 1.54) is 193 Å². The summed E-state index contributed by atoms with van der Waals surface area (Å²) in [5.41, 5.74) is 0. The van der Waals surface area contributed by atoms with Gasteiger partial charge in [0.05, 0.1) is 0 Å². The van der Waals surface area contributed by atoms with Crippen molar-refractivity contribution in [2.75, 3.05) is 13.2 Å². The highest BCUT2D eigenvalue weighted by Crippen LogP contribution is 2.16. The van der Waals surface area contributed by atoms with E-state index in [1.54, 1.807) is 0 Å². The van der Waals surface area contributed by atoms with Crippen LogP contribution in [0.15, 0.2) is 0 Å². The van der Waals surface area contributed by atoms with Gasteiger partial charge in [0.1, 0.15) is 0 Å². The van der Waals surface area contributed by atoms with Crippen molar-refractivity contribution >= 4 is 0 Å². The molecular formula is C34H70O. The first kappa shape index (κ1) is 35.0. The zero-order chi connectivity index (χ0) is 25.3. The Bertz CT molecular complexity index is 307. The summed E-state index contributed by atoms with van der Waals surface area (Å²) in [5, 5.41) is 0. The van der Waals surface area contributed by atoms with Crippen molar-refractivity contribution in [2.24, 2.45) is 0 Å². The largest absolute Gasteiger partial charge is 0.381 e. The number of unbranched alkanes of at least 4 members (excludes halogenated alkanes) is 28. The minimum Gasteiger partial charge on any atom is -0.381 e. The molecule has 0 aliphatic heterocycles. The monoisotopic (exact) mass is 495 g/mol. The molecule has 0 radical (unpaired) electrons. The molecular weight excluding hydrogens is 424 g/mol. The van der Waals surface area contributed by atoms with Gasteiger partial charge in [-0.2, -0.15) is 0 Å². The average Bonchev–Trinajstić information content (AvgIpc) is 2.87. The maximum atomic E-state index is 5.73. The zero-order valence-electron chi connectivity index (χ0n) is 25.0. The summed E-state index contributed by atoms with van der Waals surface area (Å²) >= 11 is 0. The van der Waals surface area contributed by atoms with Crippen LogP contribution in [0.2, 0.25) is 0 Å². The summed E-state index contributed by atoms with van der Waals surface area (Å²) in [6.07, 6.45) is 43.2. The van der Waals surface area contributed by atoms with Crippen molar-refractivity contribution in [3.8, 4) is 0 Å². The van der Waals surface area contributed by atoms with E-state index in [4.69, 9.17) is 4.74 Å². The fourth-order valence-electron chi connectivity index (χ4n) is 5.25. The van der Waals surface area contributed by atoms with E-state index in [-0.39, 0.29) is 0 Å². The van der Waals surface area contributed by atoms with Crippen molar-refractivity contribution in [2.45, 2.75) is 206 Å². The second-order valence-corrected chi connectivity index (χ2v) is 11.5. The molecule has 212 valence electrons. The van der Waals surface area contributed by atoms with Gasteiger partial charge in [0.25, 0.3) is 0 Å². The molecule has 0 amide bonds. The minimum atomic E-state index is 0.986. The number of hydrogen-bond donors (Lipinski definition) is 0. The number of ether oxygens (including phenoxy) is 1. The third-order valence-corrected chi connectivity index (χ3v) is 7.78. The van der Waals surface area contributed by atoms with Gasteiger partial charge in [-0.15, -0.1) is 0 Å². The van der Waals surface area contributed by atoms with Crippen molar-refractivity contribution in [1.29, 1.82) is 0 Å². The lowest BCUT2D eigenvalue weighted by molar-refractivity contribution is 0.125. The molecule has 1 nitrogen and oxygen atoms in total. The van der Waals surface area contributed by atoms with Gasteiger partial charge in [-0.3, -0.25) is 0 Å². The molecule has 0 saturated carbocycles. The van der Waals surface area contributed by atoms with E-state index in [9.17, 15) is 0 Å². The van der Waals surface area contributed by atoms with Crippen molar-refractivity contribution in [3.05, 3.63) is 0 Å². The van der Waals surface area contributed by atoms with Crippen molar-refractivity contribution < 1.29 is 4.74 Å². The molecule has 35 heavy (non-hydrogen) atoms. The van der Waals surface area contributed by atoms with E-state index >= 15 is 0 Å². The van der Waals surface area contributed by atoms with Gasteiger partial charge in [0.2, 0.25) is 0 Å². The predicted molar refractivity (Wildman–Crippen MR) is 161 cm³/mol. The van der Waals surface area contributed by atoms with E-state index in [1.807, 2.05) is 0 Å². The maximum Gasteiger partial charge on any atom is 0.0466 e. The molecule has 0 spiro atoms. The van der Waals surface area contributed by atoms with Gasteiger partial charge in [0, 0.05) is 13.2 Å². The highest BCUT2D eigenvalue weighted by atomic mass is 16.5. The van der Waals surface area contributed by atoms with Gasteiger partial charge in [-0.25, -0.2) is 0 Å². The van der Waals surface area contributed by atoms with Crippen LogP contribution >= 0.6 is 0 Å². The lowest BCUT2D eigenvalue weighted by atomic mass is 10.0. The third kappa shape index (κ3) is 34.0. The Balaban J connectivity index is 3.00. The smallest absolute Gasteiger partial charge is 0.0466 e. The molecule has 0 fully saturated rings. The predicted octanol–water partition coefficient (Wildman–Crippen LogP) is 12.7. The Kier molecular flexibility index (Phi) is 33.9. The molecule has 0 aliphatic carbocycles. The quantitative estimate of drug-likeness (QED) is 0.0844. The topological polar surface area (TPSA) is 9.23 Å². The summed E-state index contributed by atoms with van der Waals surface area (Å²) in [7, 11) is 0. The van der Waals surface area contributed by atoms with Crippen LogP contribution in [0, 0.1) is 0 Å². The Labute approximate surface area is 224 Å². The highest BCUT2D eigenvalue weighted by molar-refractivity contribution is 4.52. The molecule has 0 atom stereocenters. The summed E-state index contributed by atoms with van der Waals surface area (Å²) in [6, 6.07) is 0. The molecule has 0 unspecified atom stereocenters. The van der Waals surface area contributed by atoms with Crippen molar-refractivity contribution in [3.63, 3.8) is 0 Å². The first-order valence-electron chi connectivity index (χ1n) is 17.0. The fourth-order valence-corrected chi connectivity index (χ4v) is 5.25. The first-order valence-corrected chi connectivity index (χ1v) is 17.0. The van der Waals surface area contributed by atoms with Gasteiger partial charge < -0.3 is 4.74 Å². The molecule has 1 heteroatoms. The third-order valence-electron chi connectivity index (χ3n) is 7.78. The Morgan fingerprint density at radius 2 is 0.400 bits per heavy atom. The summed E-state index contributed by atoms with van der Waals surface area (Å²) in [5.74, 6) is 0. The van der Waals surface area contributed by atoms with E-state index in [0.29, 0.717) is 0 Å². The second-order valence-electron chi connectivity index (χ2n) is 11.5. The van der Waals surface area contributed by atoms with E-state index in [2.05, 4.69) is 13.8 Å². The van der Waals surface area contributed by atoms with Gasteiger partial charge in [-0.1, -0.05) is 194 Å². The second kappa shape index (κ2) is 34.0. The van der Waals surface area contributed by atoms with Crippen LogP contribution in [-0.2, 0) is 4.74 Å². The van der Waals surface area contributed by atoms with Crippen LogP contribution < -0.4 is 0 Å². The highest BCUT2D eigenvalue weighted by Gasteiger charge is 1.97. The lowest BCUT2D eigenvalue weighted by Crippen LogP contribution is -1.97. The number of hydrogen-bond acceptors (Lipinski definition) is 1. The summed E-state index contributed by atoms with van der Waals surface area (Å²) < 4.78 is 5.73. The minimum absolute atomic E-state index is 0.986. The molecule has 0 aliphatic rings. The Morgan fingerprint density at radius 1 is 0.229 bits per heavy atom. The molecule has 0 saturated heterocycles. The van der Waals surface area contributed by atoms with E-state index in [0.717, 1.165) is 13.2 Å². The van der Waals surface area contributed by atoms with Crippen LogP contribution in [0.1, 0.15) is 206 Å². The summed E-state index contributed by atoms with van der Waals surface area (Å²) in [4.78, 5) is 0. The lowest BCUT2D eigenvalue weighted by Gasteiger charge is -2.05. The Morgan fingerprint density at radius 3 is 0.629 bits per heavy atom. The van der Waals surface area contributed by atoms with E-state index < -0.39 is 0 Å². The standard InChI is InChI=1S/C34H70O/c1-3-5-7-9-10-11-12-13-14-15-16-17-18-19-20-21-22-23-24-25-26-27-28-29-30-32-34-35-33-31-8-6-4-2/h3-34H2,1-2H3. The van der Waals surface area contributed by atoms with Crippen LogP contribution in [0.5, 0.6) is 0 Å². The SMILES string of the molecule is CCCCCCCCCCCCCCCCCCCCCCCCCCCCOCCCCCC. The number of rotatable bonds is 32.